The van der Waals surface area contributed by atoms with Crippen LogP contribution in [0.2, 0.25) is 0 Å². The van der Waals surface area contributed by atoms with Gasteiger partial charge in [-0.05, 0) is 59.7 Å². The molecule has 0 aliphatic carbocycles. The average Bonchev–Trinajstić information content (AvgIpc) is 2.67. The van der Waals surface area contributed by atoms with Crippen molar-refractivity contribution >= 4 is 20.8 Å². The first-order valence-corrected chi connectivity index (χ1v) is 11.0. The third kappa shape index (κ3) is 4.00. The quantitative estimate of drug-likeness (QED) is 0.668. The number of ether oxygens (including phenoxy) is 1. The van der Waals surface area contributed by atoms with Gasteiger partial charge in [-0.15, -0.1) is 0 Å². The van der Waals surface area contributed by atoms with Crippen LogP contribution in [0.15, 0.2) is 54.9 Å². The number of rotatable bonds is 4. The van der Waals surface area contributed by atoms with Gasteiger partial charge < -0.3 is 4.74 Å². The molecule has 146 valence electrons. The third-order valence-electron chi connectivity index (χ3n) is 5.04. The van der Waals surface area contributed by atoms with Crippen LogP contribution in [0, 0.1) is 5.82 Å². The number of sulfonamides is 1. The molecule has 2 heterocycles. The van der Waals surface area contributed by atoms with Gasteiger partial charge in [-0.3, -0.25) is 4.98 Å². The number of hydrogen-bond donors (Lipinski definition) is 0. The van der Waals surface area contributed by atoms with Crippen LogP contribution < -0.4 is 4.74 Å². The second kappa shape index (κ2) is 7.48. The lowest BCUT2D eigenvalue weighted by molar-refractivity contribution is 0.137. The standard InChI is InChI=1S/C21H21FN2O3S/c1-28(25,26)24-9-6-19(7-10-24)27-21-13-17(15-3-2-4-18(22)12-15)11-16-5-8-23-14-20(16)21/h2-5,8,11-14,19H,6-7,9-10H2,1H3. The zero-order chi connectivity index (χ0) is 19.7. The van der Waals surface area contributed by atoms with Crippen molar-refractivity contribution in [3.8, 4) is 16.9 Å². The van der Waals surface area contributed by atoms with Crippen LogP contribution in [-0.4, -0.2) is 43.2 Å². The van der Waals surface area contributed by atoms with Crippen LogP contribution in [0.4, 0.5) is 4.39 Å². The van der Waals surface area contributed by atoms with Gasteiger partial charge in [0.15, 0.2) is 0 Å². The number of pyridine rings is 1. The van der Waals surface area contributed by atoms with E-state index in [1.807, 2.05) is 24.3 Å². The molecule has 1 aliphatic heterocycles. The number of hydrogen-bond acceptors (Lipinski definition) is 4. The van der Waals surface area contributed by atoms with Crippen molar-refractivity contribution in [1.29, 1.82) is 0 Å². The maximum absolute atomic E-state index is 13.7. The largest absolute Gasteiger partial charge is 0.490 e. The molecule has 5 nitrogen and oxygen atoms in total. The highest BCUT2D eigenvalue weighted by atomic mass is 32.2. The van der Waals surface area contributed by atoms with Crippen molar-refractivity contribution in [3.05, 3.63) is 60.7 Å². The van der Waals surface area contributed by atoms with E-state index in [-0.39, 0.29) is 11.9 Å². The van der Waals surface area contributed by atoms with Crippen molar-refractivity contribution in [2.24, 2.45) is 0 Å². The SMILES string of the molecule is CS(=O)(=O)N1CCC(Oc2cc(-c3cccc(F)c3)cc3ccncc23)CC1. The van der Waals surface area contributed by atoms with Crippen molar-refractivity contribution < 1.29 is 17.5 Å². The van der Waals surface area contributed by atoms with E-state index in [2.05, 4.69) is 4.98 Å². The summed E-state index contributed by atoms with van der Waals surface area (Å²) in [5, 5.41) is 1.84. The molecule has 0 radical (unpaired) electrons. The number of aromatic nitrogens is 1. The molecule has 0 atom stereocenters. The van der Waals surface area contributed by atoms with E-state index >= 15 is 0 Å². The minimum Gasteiger partial charge on any atom is -0.490 e. The lowest BCUT2D eigenvalue weighted by atomic mass is 10.0. The van der Waals surface area contributed by atoms with Crippen LogP contribution in [0.3, 0.4) is 0 Å². The van der Waals surface area contributed by atoms with Gasteiger partial charge in [-0.25, -0.2) is 17.1 Å². The molecule has 1 saturated heterocycles. The zero-order valence-electron chi connectivity index (χ0n) is 15.5. The van der Waals surface area contributed by atoms with E-state index in [4.69, 9.17) is 4.74 Å². The van der Waals surface area contributed by atoms with E-state index in [0.717, 1.165) is 21.9 Å². The van der Waals surface area contributed by atoms with Crippen molar-refractivity contribution in [2.75, 3.05) is 19.3 Å². The molecule has 0 N–H and O–H groups in total. The first-order chi connectivity index (χ1) is 13.4. The summed E-state index contributed by atoms with van der Waals surface area (Å²) >= 11 is 0. The second-order valence-corrected chi connectivity index (χ2v) is 9.04. The molecular formula is C21H21FN2O3S. The van der Waals surface area contributed by atoms with Gasteiger partial charge in [-0.2, -0.15) is 0 Å². The highest BCUT2D eigenvalue weighted by Crippen LogP contribution is 2.34. The van der Waals surface area contributed by atoms with Gasteiger partial charge in [0.1, 0.15) is 17.7 Å². The molecule has 1 fully saturated rings. The van der Waals surface area contributed by atoms with Crippen LogP contribution in [-0.2, 0) is 10.0 Å². The van der Waals surface area contributed by atoms with Crippen molar-refractivity contribution in [3.63, 3.8) is 0 Å². The Morgan fingerprint density at radius 1 is 1.11 bits per heavy atom. The van der Waals surface area contributed by atoms with E-state index in [1.165, 1.54) is 22.7 Å². The molecule has 0 unspecified atom stereocenters. The average molecular weight is 400 g/mol. The van der Waals surface area contributed by atoms with Crippen LogP contribution in [0.5, 0.6) is 5.75 Å². The summed E-state index contributed by atoms with van der Waals surface area (Å²) in [5.41, 5.74) is 1.64. The Morgan fingerprint density at radius 3 is 2.61 bits per heavy atom. The highest BCUT2D eigenvalue weighted by molar-refractivity contribution is 7.88. The van der Waals surface area contributed by atoms with Crippen molar-refractivity contribution in [1.82, 2.24) is 9.29 Å². The van der Waals surface area contributed by atoms with Crippen LogP contribution in [0.25, 0.3) is 21.9 Å². The number of nitrogens with zero attached hydrogens (tertiary/aromatic N) is 2. The number of halogens is 1. The molecule has 0 spiro atoms. The van der Waals surface area contributed by atoms with E-state index in [1.54, 1.807) is 18.5 Å². The Labute approximate surface area is 163 Å². The fourth-order valence-electron chi connectivity index (χ4n) is 3.56. The fraction of sp³-hybridized carbons (Fsp3) is 0.286. The lowest BCUT2D eigenvalue weighted by Gasteiger charge is -2.30. The topological polar surface area (TPSA) is 59.5 Å². The Bertz CT molecular complexity index is 1110. The molecule has 4 rings (SSSR count). The molecular weight excluding hydrogens is 379 g/mol. The third-order valence-corrected chi connectivity index (χ3v) is 6.34. The maximum Gasteiger partial charge on any atom is 0.211 e. The normalized spacial score (nSPS) is 16.4. The predicted octanol–water partition coefficient (Wildman–Crippen LogP) is 3.84. The molecule has 28 heavy (non-hydrogen) atoms. The van der Waals surface area contributed by atoms with Gasteiger partial charge in [-0.1, -0.05) is 12.1 Å². The molecule has 1 aliphatic rings. The summed E-state index contributed by atoms with van der Waals surface area (Å²) in [6.45, 7) is 0.895. The summed E-state index contributed by atoms with van der Waals surface area (Å²) in [6.07, 6.45) is 5.87. The first kappa shape index (κ1) is 18.8. The first-order valence-electron chi connectivity index (χ1n) is 9.16. The van der Waals surface area contributed by atoms with Crippen molar-refractivity contribution in [2.45, 2.75) is 18.9 Å². The van der Waals surface area contributed by atoms with Gasteiger partial charge in [0, 0.05) is 30.9 Å². The number of fused-ring (bicyclic) bond motifs is 1. The maximum atomic E-state index is 13.7. The summed E-state index contributed by atoms with van der Waals surface area (Å²) in [4.78, 5) is 4.20. The Kier molecular flexibility index (Phi) is 5.03. The zero-order valence-corrected chi connectivity index (χ0v) is 16.3. The minimum absolute atomic E-state index is 0.0795. The van der Waals surface area contributed by atoms with Crippen LogP contribution in [0.1, 0.15) is 12.8 Å². The Morgan fingerprint density at radius 2 is 1.89 bits per heavy atom. The molecule has 7 heteroatoms. The summed E-state index contributed by atoms with van der Waals surface area (Å²) in [7, 11) is -3.17. The molecule has 0 amide bonds. The number of benzene rings is 2. The van der Waals surface area contributed by atoms with E-state index in [0.29, 0.717) is 31.7 Å². The Hall–Kier alpha value is -2.51. The highest BCUT2D eigenvalue weighted by Gasteiger charge is 2.26. The summed E-state index contributed by atoms with van der Waals surface area (Å²) in [5.74, 6) is 0.394. The van der Waals surface area contributed by atoms with Gasteiger partial charge in [0.05, 0.1) is 6.26 Å². The smallest absolute Gasteiger partial charge is 0.211 e. The Balaban J connectivity index is 1.65. The monoisotopic (exact) mass is 400 g/mol. The fourth-order valence-corrected chi connectivity index (χ4v) is 4.43. The molecule has 1 aromatic heterocycles. The second-order valence-electron chi connectivity index (χ2n) is 7.06. The summed E-state index contributed by atoms with van der Waals surface area (Å²) in [6, 6.07) is 12.3. The summed E-state index contributed by atoms with van der Waals surface area (Å²) < 4.78 is 44.8. The predicted molar refractivity (Wildman–Crippen MR) is 107 cm³/mol. The van der Waals surface area contributed by atoms with E-state index in [9.17, 15) is 12.8 Å². The van der Waals surface area contributed by atoms with E-state index < -0.39 is 10.0 Å². The van der Waals surface area contributed by atoms with Crippen LogP contribution >= 0.6 is 0 Å². The minimum atomic E-state index is -3.17. The molecule has 3 aromatic rings. The van der Waals surface area contributed by atoms with Gasteiger partial charge in [0.25, 0.3) is 0 Å². The van der Waals surface area contributed by atoms with Gasteiger partial charge >= 0.3 is 0 Å². The lowest BCUT2D eigenvalue weighted by Crippen LogP contribution is -2.41. The molecule has 0 bridgehead atoms. The molecule has 2 aromatic carbocycles. The number of piperidine rings is 1. The molecule has 0 saturated carbocycles. The van der Waals surface area contributed by atoms with Gasteiger partial charge in [0.2, 0.25) is 10.0 Å².